The summed E-state index contributed by atoms with van der Waals surface area (Å²) in [5, 5.41) is 0. The van der Waals surface area contributed by atoms with Crippen molar-refractivity contribution in [3.63, 3.8) is 0 Å². The van der Waals surface area contributed by atoms with Crippen LogP contribution in [0.15, 0.2) is 0 Å². The largest absolute Gasteiger partial charge is 0.379 e. The third kappa shape index (κ3) is 11.4. The maximum Gasteiger partial charge on any atom is 0.239 e. The van der Waals surface area contributed by atoms with E-state index in [1.165, 1.54) is 19.4 Å². The van der Waals surface area contributed by atoms with Crippen molar-refractivity contribution >= 4 is 14.2 Å². The average molecular weight is 290 g/mol. The van der Waals surface area contributed by atoms with Gasteiger partial charge >= 0.3 is 0 Å². The molecule has 19 heavy (non-hydrogen) atoms. The number of morpholine rings is 1. The predicted octanol–water partition coefficient (Wildman–Crippen LogP) is 2.73. The SMILES string of the molecule is CC(C)CCCN1CCOCC1.CPC(=O)N(C)C. The van der Waals surface area contributed by atoms with E-state index in [1.54, 1.807) is 19.0 Å². The molecule has 1 aliphatic heterocycles. The fourth-order valence-electron chi connectivity index (χ4n) is 1.77. The van der Waals surface area contributed by atoms with Crippen LogP contribution in [0.1, 0.15) is 26.7 Å². The zero-order valence-corrected chi connectivity index (χ0v) is 14.2. The van der Waals surface area contributed by atoms with Gasteiger partial charge in [0.05, 0.1) is 13.2 Å². The molecule has 1 rings (SSSR count). The lowest BCUT2D eigenvalue weighted by molar-refractivity contribution is 0.0368. The van der Waals surface area contributed by atoms with Gasteiger partial charge in [0.15, 0.2) is 0 Å². The average Bonchev–Trinajstić information content (AvgIpc) is 2.39. The van der Waals surface area contributed by atoms with Crippen LogP contribution in [0.4, 0.5) is 4.79 Å². The van der Waals surface area contributed by atoms with E-state index in [2.05, 4.69) is 18.7 Å². The van der Waals surface area contributed by atoms with E-state index in [9.17, 15) is 4.79 Å². The van der Waals surface area contributed by atoms with Crippen LogP contribution in [0.5, 0.6) is 0 Å². The van der Waals surface area contributed by atoms with Gasteiger partial charge < -0.3 is 9.64 Å². The Morgan fingerprint density at radius 2 is 1.89 bits per heavy atom. The zero-order valence-electron chi connectivity index (χ0n) is 13.2. The van der Waals surface area contributed by atoms with Gasteiger partial charge in [-0.05, 0) is 40.5 Å². The van der Waals surface area contributed by atoms with Crippen LogP contribution in [0, 0.1) is 5.92 Å². The van der Waals surface area contributed by atoms with Crippen LogP contribution in [0.2, 0.25) is 0 Å². The van der Waals surface area contributed by atoms with Gasteiger partial charge in [0, 0.05) is 27.2 Å². The first kappa shape index (κ1) is 18.8. The molecule has 1 aliphatic rings. The highest BCUT2D eigenvalue weighted by Gasteiger charge is 2.09. The number of amides is 1. The number of hydrogen-bond acceptors (Lipinski definition) is 3. The highest BCUT2D eigenvalue weighted by atomic mass is 31.1. The summed E-state index contributed by atoms with van der Waals surface area (Å²) in [5.41, 5.74) is 0.208. The van der Waals surface area contributed by atoms with Gasteiger partial charge in [0.1, 0.15) is 0 Å². The first-order valence-electron chi connectivity index (χ1n) is 7.16. The Morgan fingerprint density at radius 1 is 1.32 bits per heavy atom. The van der Waals surface area contributed by atoms with Gasteiger partial charge in [-0.15, -0.1) is 0 Å². The summed E-state index contributed by atoms with van der Waals surface area (Å²) in [6.07, 6.45) is 2.70. The molecule has 0 aliphatic carbocycles. The third-order valence-corrected chi connectivity index (χ3v) is 3.85. The first-order chi connectivity index (χ1) is 8.97. The molecule has 1 atom stereocenters. The normalized spacial score (nSPS) is 16.5. The van der Waals surface area contributed by atoms with Crippen molar-refractivity contribution in [1.29, 1.82) is 0 Å². The maximum absolute atomic E-state index is 10.4. The number of nitrogens with zero attached hydrogens (tertiary/aromatic N) is 2. The molecule has 0 aromatic carbocycles. The second-order valence-corrected chi connectivity index (χ2v) is 6.37. The van der Waals surface area contributed by atoms with Gasteiger partial charge in [-0.2, -0.15) is 0 Å². The van der Waals surface area contributed by atoms with Crippen LogP contribution < -0.4 is 0 Å². The van der Waals surface area contributed by atoms with Crippen molar-refractivity contribution in [2.45, 2.75) is 26.7 Å². The fraction of sp³-hybridized carbons (Fsp3) is 0.929. The number of ether oxygens (including phenoxy) is 1. The van der Waals surface area contributed by atoms with Crippen LogP contribution in [-0.2, 0) is 4.74 Å². The fourth-order valence-corrected chi connectivity index (χ4v) is 2.22. The molecule has 4 nitrogen and oxygen atoms in total. The molecule has 1 amide bonds. The summed E-state index contributed by atoms with van der Waals surface area (Å²) in [6, 6.07) is 0. The Hall–Kier alpha value is -0.180. The second-order valence-electron chi connectivity index (χ2n) is 5.44. The summed E-state index contributed by atoms with van der Waals surface area (Å²) < 4.78 is 5.29. The Kier molecular flexibility index (Phi) is 11.5. The van der Waals surface area contributed by atoms with Gasteiger partial charge in [0.2, 0.25) is 5.65 Å². The molecule has 0 bridgehead atoms. The molecule has 114 valence electrons. The minimum absolute atomic E-state index is 0.208. The number of rotatable bonds is 5. The first-order valence-corrected chi connectivity index (χ1v) is 8.66. The molecule has 1 unspecified atom stereocenters. The summed E-state index contributed by atoms with van der Waals surface area (Å²) in [7, 11) is 3.92. The lowest BCUT2D eigenvalue weighted by atomic mass is 10.1. The van der Waals surface area contributed by atoms with Crippen molar-refractivity contribution < 1.29 is 9.53 Å². The molecule has 0 saturated carbocycles. The van der Waals surface area contributed by atoms with Crippen molar-refractivity contribution in [2.75, 3.05) is 53.6 Å². The van der Waals surface area contributed by atoms with Gasteiger partial charge in [-0.1, -0.05) is 13.8 Å². The van der Waals surface area contributed by atoms with Crippen molar-refractivity contribution in [3.8, 4) is 0 Å². The van der Waals surface area contributed by atoms with Crippen molar-refractivity contribution in [3.05, 3.63) is 0 Å². The van der Waals surface area contributed by atoms with E-state index in [0.29, 0.717) is 8.58 Å². The van der Waals surface area contributed by atoms with E-state index in [1.807, 2.05) is 6.66 Å². The molecule has 1 fully saturated rings. The highest BCUT2D eigenvalue weighted by molar-refractivity contribution is 7.56. The molecule has 1 heterocycles. The van der Waals surface area contributed by atoms with E-state index in [0.717, 1.165) is 32.2 Å². The van der Waals surface area contributed by atoms with Crippen LogP contribution in [-0.4, -0.2) is 69.1 Å². The predicted molar refractivity (Wildman–Crippen MR) is 84.7 cm³/mol. The van der Waals surface area contributed by atoms with Gasteiger partial charge in [-0.25, -0.2) is 0 Å². The number of hydrogen-bond donors (Lipinski definition) is 0. The zero-order chi connectivity index (χ0) is 14.7. The smallest absolute Gasteiger partial charge is 0.239 e. The minimum Gasteiger partial charge on any atom is -0.379 e. The van der Waals surface area contributed by atoms with E-state index >= 15 is 0 Å². The molecule has 0 N–H and O–H groups in total. The summed E-state index contributed by atoms with van der Waals surface area (Å²) in [6.45, 7) is 11.9. The number of carbonyl (C=O) groups is 1. The lowest BCUT2D eigenvalue weighted by Gasteiger charge is -2.26. The summed E-state index contributed by atoms with van der Waals surface area (Å²) in [4.78, 5) is 14.6. The Bertz CT molecular complexity index is 229. The van der Waals surface area contributed by atoms with Crippen LogP contribution >= 0.6 is 8.58 Å². The van der Waals surface area contributed by atoms with Crippen molar-refractivity contribution in [1.82, 2.24) is 9.80 Å². The maximum atomic E-state index is 10.4. The quantitative estimate of drug-likeness (QED) is 0.730. The van der Waals surface area contributed by atoms with Crippen molar-refractivity contribution in [2.24, 2.45) is 5.92 Å². The van der Waals surface area contributed by atoms with Gasteiger partial charge in [0.25, 0.3) is 0 Å². The monoisotopic (exact) mass is 290 g/mol. The third-order valence-electron chi connectivity index (χ3n) is 2.98. The second kappa shape index (κ2) is 11.6. The summed E-state index contributed by atoms with van der Waals surface area (Å²) >= 11 is 0. The molecular formula is C14H31N2O2P. The van der Waals surface area contributed by atoms with Gasteiger partial charge in [-0.3, -0.25) is 9.69 Å². The molecule has 0 aromatic rings. The Labute approximate surface area is 120 Å². The molecule has 0 spiro atoms. The molecule has 0 aromatic heterocycles. The van der Waals surface area contributed by atoms with E-state index < -0.39 is 0 Å². The minimum atomic E-state index is 0.208. The molecular weight excluding hydrogens is 259 g/mol. The highest BCUT2D eigenvalue weighted by Crippen LogP contribution is 2.06. The summed E-state index contributed by atoms with van der Waals surface area (Å²) in [5.74, 6) is 0.853. The molecule has 1 saturated heterocycles. The Morgan fingerprint density at radius 3 is 2.26 bits per heavy atom. The van der Waals surface area contributed by atoms with E-state index in [4.69, 9.17) is 4.74 Å². The molecule has 5 heteroatoms. The number of carbonyl (C=O) groups excluding carboxylic acids is 1. The standard InChI is InChI=1S/C10H21NO.C4H10NOP/c1-10(2)4-3-5-11-6-8-12-9-7-11;1-5(2)4(6)7-3/h10H,3-9H2,1-2H3;7H,1-3H3. The van der Waals surface area contributed by atoms with E-state index in [-0.39, 0.29) is 5.65 Å². The Balaban J connectivity index is 0.000000399. The van der Waals surface area contributed by atoms with Crippen LogP contribution in [0.3, 0.4) is 0 Å². The topological polar surface area (TPSA) is 32.8 Å². The molecule has 0 radical (unpaired) electrons. The lowest BCUT2D eigenvalue weighted by Crippen LogP contribution is -2.36. The van der Waals surface area contributed by atoms with Crippen LogP contribution in [0.25, 0.3) is 0 Å².